The van der Waals surface area contributed by atoms with Crippen LogP contribution in [0.2, 0.25) is 10.0 Å². The van der Waals surface area contributed by atoms with Crippen LogP contribution in [-0.4, -0.2) is 6.10 Å². The molecule has 0 N–H and O–H groups in total. The molecule has 0 radical (unpaired) electrons. The first kappa shape index (κ1) is 16.8. The van der Waals surface area contributed by atoms with Crippen LogP contribution in [0.1, 0.15) is 37.7 Å². The zero-order valence-corrected chi connectivity index (χ0v) is 17.7. The minimum absolute atomic E-state index is 0. The van der Waals surface area contributed by atoms with E-state index in [9.17, 15) is 0 Å². The van der Waals surface area contributed by atoms with Gasteiger partial charge in [-0.25, -0.2) is 0 Å². The third-order valence-corrected chi connectivity index (χ3v) is 4.89. The summed E-state index contributed by atoms with van der Waals surface area (Å²) in [4.78, 5) is 0. The monoisotopic (exact) mass is 368 g/mol. The molecule has 1 nitrogen and oxygen atoms in total. The molecule has 1 atom stereocenters. The van der Waals surface area contributed by atoms with E-state index in [4.69, 9.17) is 27.9 Å². The van der Waals surface area contributed by atoms with Crippen LogP contribution in [0.4, 0.5) is 0 Å². The van der Waals surface area contributed by atoms with E-state index < -0.39 is 0 Å². The number of benzene rings is 1. The van der Waals surface area contributed by atoms with Crippen molar-refractivity contribution in [1.29, 1.82) is 0 Å². The van der Waals surface area contributed by atoms with Gasteiger partial charge in [-0.1, -0.05) is 42.1 Å². The van der Waals surface area contributed by atoms with Crippen molar-refractivity contribution in [2.45, 2.75) is 44.6 Å². The smallest absolute Gasteiger partial charge is 0.488 e. The molecule has 0 spiro atoms. The Labute approximate surface area is 174 Å². The van der Waals surface area contributed by atoms with Gasteiger partial charge in [-0.05, 0) is 30.4 Å². The molecule has 0 amide bonds. The molecule has 1 aliphatic carbocycles. The topological polar surface area (TPSA) is 9.23 Å². The van der Waals surface area contributed by atoms with Crippen molar-refractivity contribution in [1.82, 2.24) is 0 Å². The number of aryl methyl sites for hydroxylation is 1. The van der Waals surface area contributed by atoms with Crippen LogP contribution >= 0.6 is 23.2 Å². The summed E-state index contributed by atoms with van der Waals surface area (Å²) in [7, 11) is 0. The van der Waals surface area contributed by atoms with E-state index in [0.29, 0.717) is 22.1 Å². The molecule has 1 heterocycles. The van der Waals surface area contributed by atoms with Gasteiger partial charge < -0.3 is 11.2 Å². The molecule has 0 saturated heterocycles. The fourth-order valence-corrected chi connectivity index (χ4v) is 3.44. The predicted molar refractivity (Wildman–Crippen MR) is 75.5 cm³/mol. The van der Waals surface area contributed by atoms with Crippen LogP contribution in [-0.2, 0) is 6.42 Å². The van der Waals surface area contributed by atoms with E-state index in [1.165, 1.54) is 31.2 Å². The Morgan fingerprint density at radius 3 is 2.58 bits per heavy atom. The van der Waals surface area contributed by atoms with Gasteiger partial charge in [-0.2, -0.15) is 12.8 Å². The van der Waals surface area contributed by atoms with Crippen LogP contribution in [0, 0.1) is 12.3 Å². The third kappa shape index (κ3) is 3.79. The van der Waals surface area contributed by atoms with Crippen LogP contribution in [0.3, 0.4) is 0 Å². The second kappa shape index (κ2) is 7.60. The van der Waals surface area contributed by atoms with Crippen molar-refractivity contribution in [3.8, 4) is 5.75 Å². The van der Waals surface area contributed by atoms with Gasteiger partial charge in [0.05, 0.1) is 5.02 Å². The maximum absolute atomic E-state index is 6.25. The van der Waals surface area contributed by atoms with Gasteiger partial charge in [-0.3, -0.25) is 0 Å². The summed E-state index contributed by atoms with van der Waals surface area (Å²) in [5.41, 5.74) is 1.20. The standard InChI is InChI=1S/C15H17Cl2O.Rb/c16-12-8-6-11-7-9-13(18-15(11)14(12)17)10-4-2-1-3-5-10;/h1,6,8,10,13H,2-5,7,9H2;/q-1;+1. The van der Waals surface area contributed by atoms with Crippen molar-refractivity contribution in [3.05, 3.63) is 34.2 Å². The van der Waals surface area contributed by atoms with E-state index in [1.807, 2.05) is 12.1 Å². The van der Waals surface area contributed by atoms with Gasteiger partial charge in [0.1, 0.15) is 16.9 Å². The number of rotatable bonds is 1. The average molecular weight is 370 g/mol. The van der Waals surface area contributed by atoms with E-state index >= 15 is 0 Å². The first-order valence-electron chi connectivity index (χ1n) is 6.71. The van der Waals surface area contributed by atoms with Gasteiger partial charge in [0, 0.05) is 0 Å². The maximum Gasteiger partial charge on any atom is 1.00 e. The van der Waals surface area contributed by atoms with Crippen molar-refractivity contribution in [2.24, 2.45) is 5.92 Å². The van der Waals surface area contributed by atoms with Crippen molar-refractivity contribution in [2.75, 3.05) is 0 Å². The molecule has 4 heteroatoms. The molecule has 1 aromatic rings. The Morgan fingerprint density at radius 2 is 1.84 bits per heavy atom. The number of hydrogen-bond acceptors (Lipinski definition) is 1. The molecule has 1 aromatic carbocycles. The van der Waals surface area contributed by atoms with E-state index in [2.05, 4.69) is 6.42 Å². The molecule has 3 rings (SSSR count). The molecule has 1 fully saturated rings. The number of halogens is 2. The molecule has 1 aliphatic heterocycles. The van der Waals surface area contributed by atoms with Gasteiger partial charge in [0.25, 0.3) is 0 Å². The van der Waals surface area contributed by atoms with Crippen molar-refractivity contribution < 1.29 is 62.9 Å². The first-order chi connectivity index (χ1) is 8.75. The van der Waals surface area contributed by atoms with Crippen LogP contribution in [0.15, 0.2) is 12.1 Å². The molecular formula is C15H17Cl2ORb. The molecule has 19 heavy (non-hydrogen) atoms. The van der Waals surface area contributed by atoms with Gasteiger partial charge in [0.2, 0.25) is 0 Å². The molecule has 1 unspecified atom stereocenters. The second-order valence-electron chi connectivity index (χ2n) is 5.25. The summed E-state index contributed by atoms with van der Waals surface area (Å²) in [6.07, 6.45) is 9.81. The molecule has 0 bridgehead atoms. The van der Waals surface area contributed by atoms with Crippen molar-refractivity contribution in [3.63, 3.8) is 0 Å². The van der Waals surface area contributed by atoms with Crippen molar-refractivity contribution >= 4 is 23.2 Å². The van der Waals surface area contributed by atoms with E-state index in [1.54, 1.807) is 0 Å². The van der Waals surface area contributed by atoms with Crippen LogP contribution in [0.25, 0.3) is 0 Å². The third-order valence-electron chi connectivity index (χ3n) is 4.11. The number of ether oxygens (including phenoxy) is 1. The Morgan fingerprint density at radius 1 is 1.11 bits per heavy atom. The van der Waals surface area contributed by atoms with Gasteiger partial charge >= 0.3 is 58.2 Å². The Hall–Kier alpha value is 1.41. The Balaban J connectivity index is 0.00000133. The fraction of sp³-hybridized carbons (Fsp3) is 0.533. The first-order valence-corrected chi connectivity index (χ1v) is 7.46. The summed E-state index contributed by atoms with van der Waals surface area (Å²) < 4.78 is 6.15. The number of hydrogen-bond donors (Lipinski definition) is 0. The predicted octanol–water partition coefficient (Wildman–Crippen LogP) is 2.09. The van der Waals surface area contributed by atoms with E-state index in [-0.39, 0.29) is 58.2 Å². The quantitative estimate of drug-likeness (QED) is 0.689. The minimum atomic E-state index is 0. The zero-order valence-electron chi connectivity index (χ0n) is 11.3. The average Bonchev–Trinajstić information content (AvgIpc) is 2.44. The van der Waals surface area contributed by atoms with Crippen LogP contribution in [0.5, 0.6) is 5.75 Å². The SMILES string of the molecule is Clc1ccc2c(c1Cl)OC(C1CC[CH-]CC1)CC2.[Rb+]. The van der Waals surface area contributed by atoms with Crippen LogP contribution < -0.4 is 62.9 Å². The largest absolute Gasteiger partial charge is 1.00 e. The summed E-state index contributed by atoms with van der Waals surface area (Å²) in [5, 5.41) is 1.18. The minimum Gasteiger partial charge on any atom is -0.488 e. The summed E-state index contributed by atoms with van der Waals surface area (Å²) in [6, 6.07) is 3.90. The molecule has 98 valence electrons. The number of fused-ring (bicyclic) bond motifs is 1. The Kier molecular flexibility index (Phi) is 6.71. The fourth-order valence-electron chi connectivity index (χ4n) is 3.06. The second-order valence-corrected chi connectivity index (χ2v) is 6.03. The van der Waals surface area contributed by atoms with Gasteiger partial charge in [-0.15, -0.1) is 0 Å². The molecule has 0 aromatic heterocycles. The van der Waals surface area contributed by atoms with Gasteiger partial charge in [0.15, 0.2) is 0 Å². The zero-order chi connectivity index (χ0) is 12.5. The molecular weight excluding hydrogens is 353 g/mol. The van der Waals surface area contributed by atoms with E-state index in [0.717, 1.165) is 18.6 Å². The summed E-state index contributed by atoms with van der Waals surface area (Å²) >= 11 is 12.3. The normalized spacial score (nSPS) is 23.2. The summed E-state index contributed by atoms with van der Waals surface area (Å²) in [6.45, 7) is 0. The Bertz CT molecular complexity index is 444. The maximum atomic E-state index is 6.25. The molecule has 2 aliphatic rings. The summed E-state index contributed by atoms with van der Waals surface area (Å²) in [5.74, 6) is 1.51. The molecule has 1 saturated carbocycles.